The SMILES string of the molecule is CCOC(=O)c1cc(CCCCCOc2ccccc2)on1. The van der Waals surface area contributed by atoms with E-state index in [0.29, 0.717) is 19.0 Å². The molecule has 2 rings (SSSR count). The Morgan fingerprint density at radius 1 is 1.18 bits per heavy atom. The van der Waals surface area contributed by atoms with E-state index >= 15 is 0 Å². The zero-order valence-electron chi connectivity index (χ0n) is 12.8. The van der Waals surface area contributed by atoms with Gasteiger partial charge >= 0.3 is 5.97 Å². The van der Waals surface area contributed by atoms with Crippen LogP contribution in [0.15, 0.2) is 40.9 Å². The van der Waals surface area contributed by atoms with Crippen LogP contribution in [0, 0.1) is 0 Å². The van der Waals surface area contributed by atoms with Gasteiger partial charge in [-0.25, -0.2) is 4.79 Å². The second-order valence-corrected chi connectivity index (χ2v) is 4.87. The first-order valence-corrected chi connectivity index (χ1v) is 7.60. The minimum absolute atomic E-state index is 0.240. The molecule has 0 saturated heterocycles. The van der Waals surface area contributed by atoms with E-state index in [0.717, 1.165) is 31.4 Å². The highest BCUT2D eigenvalue weighted by molar-refractivity contribution is 5.87. The van der Waals surface area contributed by atoms with Crippen molar-refractivity contribution in [3.8, 4) is 5.75 Å². The molecule has 0 spiro atoms. The smallest absolute Gasteiger partial charge is 0.360 e. The summed E-state index contributed by atoms with van der Waals surface area (Å²) >= 11 is 0. The predicted molar refractivity (Wildman–Crippen MR) is 82.0 cm³/mol. The average Bonchev–Trinajstić information content (AvgIpc) is 3.01. The van der Waals surface area contributed by atoms with Crippen LogP contribution in [0.25, 0.3) is 0 Å². The number of carbonyl (C=O) groups is 1. The molecule has 1 heterocycles. The van der Waals surface area contributed by atoms with Gasteiger partial charge in [-0.2, -0.15) is 0 Å². The first kappa shape index (κ1) is 16.1. The number of ether oxygens (including phenoxy) is 2. The van der Waals surface area contributed by atoms with Gasteiger partial charge in [-0.05, 0) is 38.3 Å². The van der Waals surface area contributed by atoms with Crippen LogP contribution in [0.3, 0.4) is 0 Å². The third kappa shape index (κ3) is 5.24. The molecular weight excluding hydrogens is 282 g/mol. The normalized spacial score (nSPS) is 10.4. The van der Waals surface area contributed by atoms with Crippen molar-refractivity contribution in [3.05, 3.63) is 47.9 Å². The third-order valence-corrected chi connectivity index (χ3v) is 3.12. The van der Waals surface area contributed by atoms with Crippen LogP contribution in [0.5, 0.6) is 5.75 Å². The molecule has 0 radical (unpaired) electrons. The number of para-hydroxylation sites is 1. The summed E-state index contributed by atoms with van der Waals surface area (Å²) in [6, 6.07) is 11.4. The molecule has 118 valence electrons. The minimum atomic E-state index is -0.436. The number of unbranched alkanes of at least 4 members (excludes halogenated alkanes) is 2. The Morgan fingerprint density at radius 3 is 2.77 bits per heavy atom. The fraction of sp³-hybridized carbons (Fsp3) is 0.412. The van der Waals surface area contributed by atoms with Crippen molar-refractivity contribution in [3.63, 3.8) is 0 Å². The van der Waals surface area contributed by atoms with E-state index in [4.69, 9.17) is 14.0 Å². The Balaban J connectivity index is 1.60. The lowest BCUT2D eigenvalue weighted by molar-refractivity contribution is 0.0514. The van der Waals surface area contributed by atoms with E-state index in [-0.39, 0.29) is 5.69 Å². The van der Waals surface area contributed by atoms with Gasteiger partial charge in [0.05, 0.1) is 13.2 Å². The Hall–Kier alpha value is -2.30. The lowest BCUT2D eigenvalue weighted by Crippen LogP contribution is -2.04. The Kier molecular flexibility index (Phi) is 6.48. The number of aromatic nitrogens is 1. The number of rotatable bonds is 9. The van der Waals surface area contributed by atoms with Crippen LogP contribution in [0.2, 0.25) is 0 Å². The second kappa shape index (κ2) is 8.87. The summed E-state index contributed by atoms with van der Waals surface area (Å²) in [5.74, 6) is 1.18. The maximum absolute atomic E-state index is 11.4. The number of hydrogen-bond donors (Lipinski definition) is 0. The number of aryl methyl sites for hydroxylation is 1. The molecule has 5 heteroatoms. The van der Waals surface area contributed by atoms with Crippen LogP contribution >= 0.6 is 0 Å². The van der Waals surface area contributed by atoms with Gasteiger partial charge in [0, 0.05) is 12.5 Å². The molecule has 5 nitrogen and oxygen atoms in total. The highest BCUT2D eigenvalue weighted by atomic mass is 16.5. The summed E-state index contributed by atoms with van der Waals surface area (Å²) in [4.78, 5) is 11.4. The Morgan fingerprint density at radius 2 is 2.00 bits per heavy atom. The van der Waals surface area contributed by atoms with Crippen LogP contribution in [-0.4, -0.2) is 24.3 Å². The molecule has 1 aromatic heterocycles. The first-order valence-electron chi connectivity index (χ1n) is 7.60. The standard InChI is InChI=1S/C17H21NO4/c1-2-20-17(19)16-13-15(22-18-16)11-7-4-8-12-21-14-9-5-3-6-10-14/h3,5-6,9-10,13H,2,4,7-8,11-12H2,1H3. The van der Waals surface area contributed by atoms with Crippen LogP contribution in [0.1, 0.15) is 42.4 Å². The highest BCUT2D eigenvalue weighted by Gasteiger charge is 2.12. The van der Waals surface area contributed by atoms with Gasteiger partial charge in [0.1, 0.15) is 11.5 Å². The summed E-state index contributed by atoms with van der Waals surface area (Å²) in [5, 5.41) is 3.72. The van der Waals surface area contributed by atoms with Gasteiger partial charge in [0.25, 0.3) is 0 Å². The molecule has 2 aromatic rings. The van der Waals surface area contributed by atoms with Crippen molar-refractivity contribution in [1.29, 1.82) is 0 Å². The monoisotopic (exact) mass is 303 g/mol. The van der Waals surface area contributed by atoms with Crippen LogP contribution in [-0.2, 0) is 11.2 Å². The first-order chi connectivity index (χ1) is 10.8. The van der Waals surface area contributed by atoms with Crippen molar-refractivity contribution in [2.45, 2.75) is 32.6 Å². The quantitative estimate of drug-likeness (QED) is 0.523. The van der Waals surface area contributed by atoms with E-state index in [9.17, 15) is 4.79 Å². The molecule has 0 aliphatic carbocycles. The second-order valence-electron chi connectivity index (χ2n) is 4.87. The zero-order chi connectivity index (χ0) is 15.6. The predicted octanol–water partition coefficient (Wildman–Crippen LogP) is 3.64. The summed E-state index contributed by atoms with van der Waals surface area (Å²) in [6.45, 7) is 2.80. The van der Waals surface area contributed by atoms with Gasteiger partial charge < -0.3 is 14.0 Å². The molecule has 0 amide bonds. The highest BCUT2D eigenvalue weighted by Crippen LogP contribution is 2.12. The molecule has 0 fully saturated rings. The van der Waals surface area contributed by atoms with Crippen LogP contribution < -0.4 is 4.74 Å². The lowest BCUT2D eigenvalue weighted by atomic mass is 10.1. The zero-order valence-corrected chi connectivity index (χ0v) is 12.8. The van der Waals surface area contributed by atoms with Gasteiger partial charge in [-0.3, -0.25) is 0 Å². The maximum Gasteiger partial charge on any atom is 0.360 e. The van der Waals surface area contributed by atoms with Gasteiger partial charge in [0.15, 0.2) is 5.69 Å². The topological polar surface area (TPSA) is 61.6 Å². The van der Waals surface area contributed by atoms with Crippen molar-refractivity contribution in [2.24, 2.45) is 0 Å². The van der Waals surface area contributed by atoms with E-state index < -0.39 is 5.97 Å². The molecule has 0 unspecified atom stereocenters. The molecule has 0 atom stereocenters. The fourth-order valence-electron chi connectivity index (χ4n) is 2.02. The number of hydrogen-bond acceptors (Lipinski definition) is 5. The molecule has 0 saturated carbocycles. The van der Waals surface area contributed by atoms with Crippen molar-refractivity contribution >= 4 is 5.97 Å². The summed E-state index contributed by atoms with van der Waals surface area (Å²) in [6.07, 6.45) is 3.74. The fourth-order valence-corrected chi connectivity index (χ4v) is 2.02. The molecule has 1 aromatic carbocycles. The van der Waals surface area contributed by atoms with Crippen molar-refractivity contribution in [1.82, 2.24) is 5.16 Å². The largest absolute Gasteiger partial charge is 0.494 e. The van der Waals surface area contributed by atoms with E-state index in [1.165, 1.54) is 0 Å². The molecule has 0 aliphatic rings. The lowest BCUT2D eigenvalue weighted by Gasteiger charge is -2.04. The van der Waals surface area contributed by atoms with Crippen molar-refractivity contribution < 1.29 is 18.8 Å². The van der Waals surface area contributed by atoms with Gasteiger partial charge in [-0.15, -0.1) is 0 Å². The average molecular weight is 303 g/mol. The summed E-state index contributed by atoms with van der Waals surface area (Å²) in [5.41, 5.74) is 0.240. The summed E-state index contributed by atoms with van der Waals surface area (Å²) in [7, 11) is 0. The number of benzene rings is 1. The minimum Gasteiger partial charge on any atom is -0.494 e. The Bertz CT molecular complexity index is 565. The van der Waals surface area contributed by atoms with Gasteiger partial charge in [0.2, 0.25) is 0 Å². The van der Waals surface area contributed by atoms with Crippen LogP contribution in [0.4, 0.5) is 0 Å². The molecule has 0 bridgehead atoms. The molecule has 0 aliphatic heterocycles. The van der Waals surface area contributed by atoms with Crippen molar-refractivity contribution in [2.75, 3.05) is 13.2 Å². The molecular formula is C17H21NO4. The van der Waals surface area contributed by atoms with E-state index in [2.05, 4.69) is 5.16 Å². The van der Waals surface area contributed by atoms with Gasteiger partial charge in [-0.1, -0.05) is 23.4 Å². The molecule has 22 heavy (non-hydrogen) atoms. The summed E-state index contributed by atoms with van der Waals surface area (Å²) < 4.78 is 15.6. The maximum atomic E-state index is 11.4. The molecule has 0 N–H and O–H groups in total. The number of nitrogens with zero attached hydrogens (tertiary/aromatic N) is 1. The van der Waals surface area contributed by atoms with E-state index in [1.807, 2.05) is 30.3 Å². The van der Waals surface area contributed by atoms with E-state index in [1.54, 1.807) is 13.0 Å². The number of carbonyl (C=O) groups excluding carboxylic acids is 1. The Labute approximate surface area is 130 Å². The number of esters is 1. The third-order valence-electron chi connectivity index (χ3n) is 3.12.